The molecule has 2 spiro atoms. The van der Waals surface area contributed by atoms with Gasteiger partial charge in [0.1, 0.15) is 6.07 Å². The Morgan fingerprint density at radius 1 is 0.772 bits per heavy atom. The number of carbonyl (C=O) groups excluding carboxylic acids is 3. The second-order valence-electron chi connectivity index (χ2n) is 18.0. The molecule has 57 heavy (non-hydrogen) atoms. The molecule has 0 aromatic heterocycles. The molecule has 6 aliphatic rings. The first-order valence-corrected chi connectivity index (χ1v) is 21.5. The second kappa shape index (κ2) is 15.3. The van der Waals surface area contributed by atoms with Gasteiger partial charge in [0.2, 0.25) is 11.8 Å². The van der Waals surface area contributed by atoms with Crippen LogP contribution in [0.1, 0.15) is 92.1 Å². The van der Waals surface area contributed by atoms with Gasteiger partial charge in [-0.25, -0.2) is 0 Å². The molecule has 3 amide bonds. The van der Waals surface area contributed by atoms with Gasteiger partial charge in [-0.2, -0.15) is 5.26 Å². The van der Waals surface area contributed by atoms with Crippen LogP contribution in [0.5, 0.6) is 0 Å². The Kier molecular flexibility index (Phi) is 10.2. The summed E-state index contributed by atoms with van der Waals surface area (Å²) in [5.74, 6) is -0.438. The fourth-order valence-corrected chi connectivity index (χ4v) is 11.3. The van der Waals surface area contributed by atoms with E-state index < -0.39 is 0 Å². The highest BCUT2D eigenvalue weighted by Crippen LogP contribution is 2.51. The molecule has 5 heterocycles. The molecule has 1 unspecified atom stereocenters. The van der Waals surface area contributed by atoms with Crippen molar-refractivity contribution in [2.45, 2.75) is 82.7 Å². The highest BCUT2D eigenvalue weighted by Gasteiger charge is 2.49. The molecule has 5 aliphatic heterocycles. The molecule has 1 aliphatic carbocycles. The minimum Gasteiger partial charge on any atom is -0.371 e. The van der Waals surface area contributed by atoms with E-state index in [0.717, 1.165) is 108 Å². The number of imide groups is 1. The summed E-state index contributed by atoms with van der Waals surface area (Å²) in [6, 6.07) is 25.8. The number of amides is 3. The Bertz CT molecular complexity index is 2030. The van der Waals surface area contributed by atoms with Crippen LogP contribution in [0.4, 0.5) is 17.1 Å². The Labute approximate surface area is 341 Å². The number of nitrogens with zero attached hydrogens (tertiary/aromatic N) is 6. The largest absolute Gasteiger partial charge is 0.371 e. The second-order valence-corrected chi connectivity index (χ2v) is 18.4. The van der Waals surface area contributed by atoms with Crippen LogP contribution >= 0.6 is 11.6 Å². The zero-order valence-corrected chi connectivity index (χ0v) is 33.9. The molecule has 10 nitrogen and oxygen atoms in total. The lowest BCUT2D eigenvalue weighted by Gasteiger charge is -2.56. The van der Waals surface area contributed by atoms with E-state index in [-0.39, 0.29) is 29.1 Å². The number of rotatable bonds is 6. The van der Waals surface area contributed by atoms with Gasteiger partial charge in [0.15, 0.2) is 0 Å². The summed E-state index contributed by atoms with van der Waals surface area (Å²) in [6.07, 6.45) is 9.07. The van der Waals surface area contributed by atoms with E-state index in [1.165, 1.54) is 24.2 Å². The van der Waals surface area contributed by atoms with Gasteiger partial charge >= 0.3 is 0 Å². The van der Waals surface area contributed by atoms with Crippen molar-refractivity contribution in [3.8, 4) is 6.07 Å². The van der Waals surface area contributed by atoms with E-state index in [0.29, 0.717) is 40.9 Å². The Morgan fingerprint density at radius 3 is 2.02 bits per heavy atom. The average molecular weight is 788 g/mol. The molecule has 11 heteroatoms. The molecule has 0 radical (unpaired) electrons. The maximum absolute atomic E-state index is 13.6. The fraction of sp³-hybridized carbons (Fsp3) is 0.522. The standard InChI is InChI=1S/C46H54ClN7O3/c1-32-27-46(31-54(32)38-11-6-35(30-48)41(47)26-38)16-18-50(19-17-46)36-9-4-34(5-10-36)44(57)53-20-14-45(15-21-53)28-39(29-45)52-24-22-51(23-25-52)37-7-2-33(3-8-37)40-12-13-42(55)49-43(40)56/h2-11,26,32,39-40H,12-25,27-29,31H2,1H3,(H,49,55,56)/t32-,40?/m1/s1. The highest BCUT2D eigenvalue weighted by atomic mass is 35.5. The number of carbonyl (C=O) groups is 3. The summed E-state index contributed by atoms with van der Waals surface area (Å²) in [6.45, 7) is 11.1. The van der Waals surface area contributed by atoms with E-state index in [9.17, 15) is 19.6 Å². The monoisotopic (exact) mass is 787 g/mol. The van der Waals surface area contributed by atoms with Crippen molar-refractivity contribution in [3.05, 3.63) is 88.4 Å². The number of nitriles is 1. The third-order valence-electron chi connectivity index (χ3n) is 14.7. The van der Waals surface area contributed by atoms with Gasteiger partial charge in [-0.3, -0.25) is 24.6 Å². The van der Waals surface area contributed by atoms with Gasteiger partial charge in [-0.05, 0) is 129 Å². The molecule has 1 N–H and O–H groups in total. The SMILES string of the molecule is C[C@@H]1CC2(CCN(c3ccc(C(=O)N4CCC5(CC4)CC(N4CCN(c6ccc(C7CCC(=O)NC7=O)cc6)CC4)C5)cc3)CC2)CN1c1ccc(C#N)c(Cl)c1. The highest BCUT2D eigenvalue weighted by molar-refractivity contribution is 6.32. The zero-order chi connectivity index (χ0) is 39.3. The molecule has 9 rings (SSSR count). The average Bonchev–Trinajstić information content (AvgIpc) is 3.55. The molecule has 3 aromatic carbocycles. The van der Waals surface area contributed by atoms with Crippen molar-refractivity contribution in [1.29, 1.82) is 5.26 Å². The van der Waals surface area contributed by atoms with Crippen molar-refractivity contribution in [1.82, 2.24) is 15.1 Å². The summed E-state index contributed by atoms with van der Waals surface area (Å²) in [4.78, 5) is 49.6. The maximum Gasteiger partial charge on any atom is 0.253 e. The lowest BCUT2D eigenvalue weighted by atomic mass is 9.60. The van der Waals surface area contributed by atoms with Crippen LogP contribution in [0.3, 0.4) is 0 Å². The van der Waals surface area contributed by atoms with Crippen LogP contribution in [-0.2, 0) is 9.59 Å². The molecular weight excluding hydrogens is 734 g/mol. The number of benzene rings is 3. The van der Waals surface area contributed by atoms with Gasteiger partial charge in [-0.1, -0.05) is 23.7 Å². The van der Waals surface area contributed by atoms with Crippen molar-refractivity contribution < 1.29 is 14.4 Å². The van der Waals surface area contributed by atoms with Crippen LogP contribution < -0.4 is 20.0 Å². The van der Waals surface area contributed by atoms with E-state index in [4.69, 9.17) is 11.6 Å². The quantitative estimate of drug-likeness (QED) is 0.272. The summed E-state index contributed by atoms with van der Waals surface area (Å²) >= 11 is 6.39. The van der Waals surface area contributed by atoms with Gasteiger partial charge in [0, 0.05) is 100 Å². The van der Waals surface area contributed by atoms with Crippen LogP contribution in [0.2, 0.25) is 5.02 Å². The third-order valence-corrected chi connectivity index (χ3v) is 15.0. The summed E-state index contributed by atoms with van der Waals surface area (Å²) in [5.41, 5.74) is 6.45. The van der Waals surface area contributed by atoms with Crippen molar-refractivity contribution in [3.63, 3.8) is 0 Å². The molecule has 1 saturated carbocycles. The van der Waals surface area contributed by atoms with E-state index in [1.54, 1.807) is 0 Å². The van der Waals surface area contributed by atoms with Crippen LogP contribution in [0.15, 0.2) is 66.7 Å². The minimum absolute atomic E-state index is 0.161. The number of piperazine rings is 1. The Morgan fingerprint density at radius 2 is 1.39 bits per heavy atom. The Hall–Kier alpha value is -4.59. The predicted octanol–water partition coefficient (Wildman–Crippen LogP) is 6.82. The molecule has 0 bridgehead atoms. The van der Waals surface area contributed by atoms with Crippen molar-refractivity contribution in [2.24, 2.45) is 10.8 Å². The smallest absolute Gasteiger partial charge is 0.253 e. The maximum atomic E-state index is 13.6. The van der Waals surface area contributed by atoms with Gasteiger partial charge in [0.05, 0.1) is 16.5 Å². The number of hydrogen-bond acceptors (Lipinski definition) is 8. The lowest BCUT2D eigenvalue weighted by Crippen LogP contribution is -2.59. The topological polar surface area (TPSA) is 103 Å². The summed E-state index contributed by atoms with van der Waals surface area (Å²) in [7, 11) is 0. The first kappa shape index (κ1) is 38.0. The number of hydrogen-bond donors (Lipinski definition) is 1. The predicted molar refractivity (Wildman–Crippen MR) is 224 cm³/mol. The molecule has 5 saturated heterocycles. The fourth-order valence-electron chi connectivity index (χ4n) is 11.1. The molecule has 298 valence electrons. The number of halogens is 1. The number of anilines is 3. The number of nitrogens with one attached hydrogen (secondary N) is 1. The van der Waals surface area contributed by atoms with Gasteiger partial charge in [0.25, 0.3) is 5.91 Å². The number of piperidine rings is 3. The van der Waals surface area contributed by atoms with Gasteiger partial charge < -0.3 is 19.6 Å². The van der Waals surface area contributed by atoms with Crippen LogP contribution in [-0.4, -0.2) is 98.5 Å². The number of likely N-dealkylation sites (tertiary alicyclic amines) is 1. The molecular formula is C46H54ClN7O3. The van der Waals surface area contributed by atoms with Crippen molar-refractivity contribution in [2.75, 3.05) is 73.6 Å². The first-order chi connectivity index (χ1) is 27.6. The zero-order valence-electron chi connectivity index (χ0n) is 33.1. The van der Waals surface area contributed by atoms with E-state index in [1.807, 2.05) is 30.3 Å². The summed E-state index contributed by atoms with van der Waals surface area (Å²) in [5, 5.41) is 12.3. The van der Waals surface area contributed by atoms with E-state index in [2.05, 4.69) is 79.2 Å². The minimum atomic E-state index is -0.241. The first-order valence-electron chi connectivity index (χ1n) is 21.1. The normalized spacial score (nSPS) is 25.1. The molecule has 3 aromatic rings. The molecule has 6 fully saturated rings. The van der Waals surface area contributed by atoms with Crippen LogP contribution in [0.25, 0.3) is 0 Å². The lowest BCUT2D eigenvalue weighted by molar-refractivity contribution is -0.134. The summed E-state index contributed by atoms with van der Waals surface area (Å²) < 4.78 is 0. The Balaban J connectivity index is 0.708. The van der Waals surface area contributed by atoms with Crippen LogP contribution in [0, 0.1) is 22.2 Å². The third kappa shape index (κ3) is 7.49. The molecule has 2 atom stereocenters. The van der Waals surface area contributed by atoms with Gasteiger partial charge in [-0.15, -0.1) is 0 Å². The van der Waals surface area contributed by atoms with E-state index >= 15 is 0 Å². The van der Waals surface area contributed by atoms with Crippen molar-refractivity contribution >= 4 is 46.4 Å².